The van der Waals surface area contributed by atoms with Gasteiger partial charge in [-0.2, -0.15) is 0 Å². The number of anilines is 6. The summed E-state index contributed by atoms with van der Waals surface area (Å²) < 4.78 is 7.22. The Balaban J connectivity index is 0.000000133. The Morgan fingerprint density at radius 3 is 0.865 bits per heavy atom. The molecule has 5 nitrogen and oxygen atoms in total. The lowest BCUT2D eigenvalue weighted by atomic mass is 9.43. The lowest BCUT2D eigenvalue weighted by Crippen LogP contribution is -2.55. The monoisotopic (exact) mass is 1710 g/mol. The minimum atomic E-state index is 0.185. The Bertz CT molecular complexity index is 8070. The third kappa shape index (κ3) is 11.9. The summed E-state index contributed by atoms with van der Waals surface area (Å²) >= 11 is 0. The van der Waals surface area contributed by atoms with E-state index in [1.807, 2.05) is 0 Å². The molecular weight excluding hydrogens is 1610 g/mol. The molecule has 0 unspecified atom stereocenters. The molecule has 8 fully saturated rings. The molecule has 0 radical (unpaired) electrons. The van der Waals surface area contributed by atoms with Crippen molar-refractivity contribution in [2.24, 2.45) is 47.3 Å². The fraction of sp³-hybridized carbons (Fsp3) is 0.156. The van der Waals surface area contributed by atoms with Crippen LogP contribution in [0.1, 0.15) is 86.5 Å². The van der Waals surface area contributed by atoms with E-state index in [9.17, 15) is 0 Å². The molecule has 3 aromatic heterocycles. The number of aromatic nitrogens is 3. The number of hydrogen-bond donors (Lipinski definition) is 0. The second-order valence-electron chi connectivity index (χ2n) is 39.9. The normalized spacial score (nSPS) is 21.1. The highest BCUT2D eigenvalue weighted by atomic mass is 15.2. The largest absolute Gasteiger partial charge is 0.311 e. The first-order valence-electron chi connectivity index (χ1n) is 48.7. The van der Waals surface area contributed by atoms with Gasteiger partial charge in [0.1, 0.15) is 0 Å². The molecule has 636 valence electrons. The maximum Gasteiger partial charge on any atom is 0.0561 e. The molecular formula is C128H99N5. The van der Waals surface area contributed by atoms with Gasteiger partial charge in [0.25, 0.3) is 0 Å². The second kappa shape index (κ2) is 30.3. The molecule has 0 saturated heterocycles. The van der Waals surface area contributed by atoms with Gasteiger partial charge in [-0.15, -0.1) is 0 Å². The fourth-order valence-corrected chi connectivity index (χ4v) is 28.3. The maximum atomic E-state index is 2.55. The van der Waals surface area contributed by atoms with Crippen LogP contribution in [-0.4, -0.2) is 13.7 Å². The highest BCUT2D eigenvalue weighted by Gasteiger charge is 2.63. The Morgan fingerprint density at radius 1 is 0.173 bits per heavy atom. The minimum absolute atomic E-state index is 0.185. The number of benzene rings is 18. The molecule has 21 aromatic rings. The molecule has 0 amide bonds. The van der Waals surface area contributed by atoms with Gasteiger partial charge < -0.3 is 23.5 Å². The van der Waals surface area contributed by atoms with Crippen LogP contribution in [0.15, 0.2) is 431 Å². The zero-order valence-corrected chi connectivity index (χ0v) is 74.4. The van der Waals surface area contributed by atoms with Gasteiger partial charge in [0, 0.05) is 94.3 Å². The van der Waals surface area contributed by atoms with Gasteiger partial charge in [-0.25, -0.2) is 0 Å². The van der Waals surface area contributed by atoms with Crippen molar-refractivity contribution >= 4 is 99.5 Å². The van der Waals surface area contributed by atoms with Gasteiger partial charge >= 0.3 is 0 Å². The topological polar surface area (TPSA) is 21.3 Å². The van der Waals surface area contributed by atoms with E-state index in [0.717, 1.165) is 98.5 Å². The van der Waals surface area contributed by atoms with E-state index in [1.54, 1.807) is 22.3 Å². The standard InChI is InChI=1S/C64H49N3.C64H50N2/c1-3-13-47(14-4-1)66-61-22-12-9-19-54(61)57-39-50(29-32-62(57)66)65(51-28-30-55-53-18-8-11-21-60(53)67(63(55)40-51)48-15-5-2-6-16-48)49-26-23-43(24-27-49)44-25-31-59-56(38-44)52-17-7-10-20-58(52)64(59)45-34-41-33-42(36-45)37-46(64)35-41;1-2-10-44(11-3-1)45-18-20-46(21-19-45)47-22-27-52(28-23-47)65(54-31-33-55(34-32-54)66-62-16-8-5-13-57(62)58-14-6-9-17-63(58)66)53-29-24-48(25-30-53)49-26-35-61-59(41-49)56-12-4-7-15-60(56)64(61)50-37-42-36-43(39-50)40-51(64)38-42/h1-32,38-42,45-46H,33-37H2;1-35,41-43,50-51H,36-40H2. The molecule has 5 heteroatoms. The van der Waals surface area contributed by atoms with Crippen molar-refractivity contribution in [3.63, 3.8) is 0 Å². The Morgan fingerprint density at radius 2 is 0.444 bits per heavy atom. The van der Waals surface area contributed by atoms with Crippen molar-refractivity contribution in [3.05, 3.63) is 453 Å². The molecule has 2 spiro atoms. The smallest absolute Gasteiger partial charge is 0.0561 e. The first-order chi connectivity index (χ1) is 65.9. The summed E-state index contributed by atoms with van der Waals surface area (Å²) in [6.45, 7) is 0. The van der Waals surface area contributed by atoms with Crippen LogP contribution in [0.5, 0.6) is 0 Å². The van der Waals surface area contributed by atoms with E-state index in [-0.39, 0.29) is 10.8 Å². The Hall–Kier alpha value is -15.0. The summed E-state index contributed by atoms with van der Waals surface area (Å²) in [6.07, 6.45) is 14.2. The van der Waals surface area contributed by atoms with E-state index < -0.39 is 0 Å². The highest BCUT2D eigenvalue weighted by molar-refractivity contribution is 6.13. The van der Waals surface area contributed by atoms with Crippen molar-refractivity contribution in [2.75, 3.05) is 9.80 Å². The summed E-state index contributed by atoms with van der Waals surface area (Å²) in [4.78, 5) is 4.86. The average molecular weight is 1710 g/mol. The molecule has 133 heavy (non-hydrogen) atoms. The van der Waals surface area contributed by atoms with Gasteiger partial charge in [-0.3, -0.25) is 0 Å². The average Bonchev–Trinajstić information content (AvgIpc) is 1.54. The summed E-state index contributed by atoms with van der Waals surface area (Å²) in [5.41, 5.74) is 40.1. The molecule has 8 saturated carbocycles. The van der Waals surface area contributed by atoms with Crippen LogP contribution < -0.4 is 9.80 Å². The molecule has 3 heterocycles. The molecule has 0 aliphatic heterocycles. The number of fused-ring (bicyclic) bond motifs is 15. The molecule has 31 rings (SSSR count). The number of hydrogen-bond acceptors (Lipinski definition) is 2. The summed E-state index contributed by atoms with van der Waals surface area (Å²) in [5.74, 6) is 6.85. The van der Waals surface area contributed by atoms with Crippen LogP contribution in [0, 0.1) is 47.3 Å². The van der Waals surface area contributed by atoms with E-state index in [0.29, 0.717) is 0 Å². The van der Waals surface area contributed by atoms with Crippen molar-refractivity contribution in [2.45, 2.75) is 75.0 Å². The maximum absolute atomic E-state index is 2.55. The quantitative estimate of drug-likeness (QED) is 0.115. The van der Waals surface area contributed by atoms with Crippen molar-refractivity contribution in [1.29, 1.82) is 0 Å². The highest BCUT2D eigenvalue weighted by Crippen LogP contribution is 2.72. The minimum Gasteiger partial charge on any atom is -0.311 e. The van der Waals surface area contributed by atoms with Gasteiger partial charge in [-0.05, 0) is 352 Å². The lowest BCUT2D eigenvalue weighted by Gasteiger charge is -2.61. The Kier molecular flexibility index (Phi) is 17.5. The lowest BCUT2D eigenvalue weighted by molar-refractivity contribution is -0.0399. The molecule has 0 N–H and O–H groups in total. The van der Waals surface area contributed by atoms with Gasteiger partial charge in [0.2, 0.25) is 0 Å². The first kappa shape index (κ1) is 76.8. The van der Waals surface area contributed by atoms with Crippen LogP contribution >= 0.6 is 0 Å². The Labute approximate surface area is 776 Å². The van der Waals surface area contributed by atoms with Crippen LogP contribution in [0.2, 0.25) is 0 Å². The van der Waals surface area contributed by atoms with Crippen molar-refractivity contribution in [1.82, 2.24) is 13.7 Å². The van der Waals surface area contributed by atoms with E-state index >= 15 is 0 Å². The van der Waals surface area contributed by atoms with E-state index in [2.05, 4.69) is 454 Å². The summed E-state index contributed by atoms with van der Waals surface area (Å²) in [5, 5.41) is 7.51. The molecule has 10 aliphatic rings. The second-order valence-corrected chi connectivity index (χ2v) is 39.9. The fourth-order valence-electron chi connectivity index (χ4n) is 28.3. The third-order valence-corrected chi connectivity index (χ3v) is 33.3. The van der Waals surface area contributed by atoms with E-state index in [4.69, 9.17) is 0 Å². The molecule has 18 aromatic carbocycles. The SMILES string of the molecule is c1ccc(-c2ccc(-c3ccc(N(c4ccc(-c5ccc6c(c5)-c5ccccc5C65C6CC7CC(C6)CC5C7)cc4)c4ccc(-n5c6ccccc6c6ccccc65)cc4)cc3)cc2)cc1.c1ccc(-n2c3ccccc3c3cc(N(c4ccc(-c5ccc6c(c5)-c5ccccc5C65C6CC7CC(C6)CC5C7)cc4)c4ccc5c6ccccc6n(-c6ccccc6)c5c4)ccc32)cc1. The van der Waals surface area contributed by atoms with Crippen LogP contribution in [0.4, 0.5) is 34.1 Å². The number of rotatable bonds is 13. The summed E-state index contributed by atoms with van der Waals surface area (Å²) in [7, 11) is 0. The number of nitrogens with zero attached hydrogens (tertiary/aromatic N) is 5. The predicted octanol–water partition coefficient (Wildman–Crippen LogP) is 33.7. The van der Waals surface area contributed by atoms with Gasteiger partial charge in [0.15, 0.2) is 0 Å². The number of para-hydroxylation sites is 6. The predicted molar refractivity (Wildman–Crippen MR) is 554 cm³/mol. The van der Waals surface area contributed by atoms with Crippen LogP contribution in [0.25, 0.3) is 149 Å². The van der Waals surface area contributed by atoms with Crippen LogP contribution in [0.3, 0.4) is 0 Å². The van der Waals surface area contributed by atoms with Crippen molar-refractivity contribution in [3.8, 4) is 83.8 Å². The molecule has 10 aliphatic carbocycles. The van der Waals surface area contributed by atoms with E-state index in [1.165, 1.54) is 196 Å². The van der Waals surface area contributed by atoms with Gasteiger partial charge in [-0.1, -0.05) is 279 Å². The zero-order chi connectivity index (χ0) is 87.1. The molecule has 8 bridgehead atoms. The van der Waals surface area contributed by atoms with Crippen LogP contribution in [-0.2, 0) is 10.8 Å². The molecule has 0 atom stereocenters. The summed E-state index contributed by atoms with van der Waals surface area (Å²) in [6, 6.07) is 161. The third-order valence-electron chi connectivity index (χ3n) is 33.3. The van der Waals surface area contributed by atoms with Gasteiger partial charge in [0.05, 0.1) is 33.1 Å². The zero-order valence-electron chi connectivity index (χ0n) is 74.4. The first-order valence-corrected chi connectivity index (χ1v) is 48.7. The van der Waals surface area contributed by atoms with Crippen molar-refractivity contribution < 1.29 is 0 Å².